The van der Waals surface area contributed by atoms with E-state index in [0.29, 0.717) is 17.9 Å². The number of nitrogens with zero attached hydrogens (tertiary/aromatic N) is 1. The average Bonchev–Trinajstić information content (AvgIpc) is 2.65. The molecule has 0 spiro atoms. The number of hydrogen-bond acceptors (Lipinski definition) is 5. The molecule has 0 radical (unpaired) electrons. The van der Waals surface area contributed by atoms with Gasteiger partial charge in [0.15, 0.2) is 0 Å². The van der Waals surface area contributed by atoms with Gasteiger partial charge in [-0.25, -0.2) is 9.78 Å². The second-order valence-corrected chi connectivity index (χ2v) is 5.22. The lowest BCUT2D eigenvalue weighted by Gasteiger charge is -2.13. The maximum absolute atomic E-state index is 11.9. The number of benzene rings is 2. The lowest BCUT2D eigenvalue weighted by Crippen LogP contribution is -2.07. The Morgan fingerprint density at radius 3 is 2.50 bits per heavy atom. The van der Waals surface area contributed by atoms with Crippen molar-refractivity contribution in [3.05, 3.63) is 65.9 Å². The van der Waals surface area contributed by atoms with Gasteiger partial charge in [0.25, 0.3) is 0 Å². The summed E-state index contributed by atoms with van der Waals surface area (Å²) in [6.45, 7) is 0.568. The molecule has 3 rings (SSSR count). The van der Waals surface area contributed by atoms with Gasteiger partial charge in [0, 0.05) is 29.1 Å². The maximum atomic E-state index is 11.9. The van der Waals surface area contributed by atoms with Gasteiger partial charge in [-0.3, -0.25) is 0 Å². The number of methoxy groups -OCH3 is 2. The summed E-state index contributed by atoms with van der Waals surface area (Å²) < 4.78 is 10.2. The van der Waals surface area contributed by atoms with Crippen molar-refractivity contribution < 1.29 is 14.3 Å². The highest BCUT2D eigenvalue weighted by molar-refractivity contribution is 6.07. The van der Waals surface area contributed by atoms with Crippen LogP contribution in [0.15, 0.2) is 54.7 Å². The van der Waals surface area contributed by atoms with Gasteiger partial charge in [0.05, 0.1) is 19.8 Å². The summed E-state index contributed by atoms with van der Waals surface area (Å²) in [6, 6.07) is 15.4. The minimum atomic E-state index is -0.394. The number of pyridine rings is 1. The topological polar surface area (TPSA) is 60.5 Å². The second kappa shape index (κ2) is 7.00. The third-order valence-electron chi connectivity index (χ3n) is 3.84. The number of esters is 1. The molecule has 0 saturated heterocycles. The van der Waals surface area contributed by atoms with Gasteiger partial charge < -0.3 is 14.8 Å². The number of anilines is 1. The van der Waals surface area contributed by atoms with Crippen molar-refractivity contribution in [2.45, 2.75) is 6.54 Å². The van der Waals surface area contributed by atoms with Crippen LogP contribution in [0, 0.1) is 0 Å². The van der Waals surface area contributed by atoms with Gasteiger partial charge in [0.1, 0.15) is 11.6 Å². The van der Waals surface area contributed by atoms with Crippen LogP contribution >= 0.6 is 0 Å². The van der Waals surface area contributed by atoms with Crippen LogP contribution in [-0.4, -0.2) is 25.2 Å². The number of para-hydroxylation sites is 1. The molecule has 0 atom stereocenters. The molecule has 0 aliphatic heterocycles. The molecule has 2 aromatic carbocycles. The summed E-state index contributed by atoms with van der Waals surface area (Å²) in [6.07, 6.45) is 1.54. The van der Waals surface area contributed by atoms with Crippen LogP contribution in [0.4, 0.5) is 5.82 Å². The quantitative estimate of drug-likeness (QED) is 0.727. The Hall–Kier alpha value is -3.08. The third kappa shape index (κ3) is 3.01. The van der Waals surface area contributed by atoms with Crippen molar-refractivity contribution >= 4 is 22.6 Å². The first-order valence-corrected chi connectivity index (χ1v) is 7.56. The Morgan fingerprint density at radius 1 is 1.04 bits per heavy atom. The van der Waals surface area contributed by atoms with Crippen molar-refractivity contribution in [3.63, 3.8) is 0 Å². The number of carbonyl (C=O) groups excluding carboxylic acids is 1. The van der Waals surface area contributed by atoms with E-state index in [1.165, 1.54) is 7.11 Å². The lowest BCUT2D eigenvalue weighted by molar-refractivity contribution is 0.0602. The highest BCUT2D eigenvalue weighted by Crippen LogP contribution is 2.26. The van der Waals surface area contributed by atoms with Crippen LogP contribution < -0.4 is 10.1 Å². The van der Waals surface area contributed by atoms with Gasteiger partial charge in [0.2, 0.25) is 0 Å². The van der Waals surface area contributed by atoms with E-state index in [1.54, 1.807) is 13.3 Å². The minimum Gasteiger partial charge on any atom is -0.496 e. The zero-order valence-corrected chi connectivity index (χ0v) is 13.6. The molecule has 0 unspecified atom stereocenters. The van der Waals surface area contributed by atoms with Crippen molar-refractivity contribution in [1.82, 2.24) is 4.98 Å². The van der Waals surface area contributed by atoms with Crippen LogP contribution in [0.1, 0.15) is 15.9 Å². The Balaban J connectivity index is 1.95. The zero-order valence-electron chi connectivity index (χ0n) is 13.6. The standard InChI is InChI=1S/C19H18N2O3/c1-23-17-10-6-3-7-13(17)11-20-18-15-9-5-4-8-14(15)16(12-21-18)19(22)24-2/h3-10,12H,11H2,1-2H3,(H,20,21). The molecule has 24 heavy (non-hydrogen) atoms. The van der Waals surface area contributed by atoms with Crippen LogP contribution in [0.5, 0.6) is 5.75 Å². The molecule has 0 bridgehead atoms. The molecule has 1 aromatic heterocycles. The molecule has 0 fully saturated rings. The van der Waals surface area contributed by atoms with Gasteiger partial charge in [-0.1, -0.05) is 42.5 Å². The number of aromatic nitrogens is 1. The van der Waals surface area contributed by atoms with Crippen molar-refractivity contribution in [1.29, 1.82) is 0 Å². The van der Waals surface area contributed by atoms with E-state index >= 15 is 0 Å². The van der Waals surface area contributed by atoms with Crippen molar-refractivity contribution in [2.24, 2.45) is 0 Å². The highest BCUT2D eigenvalue weighted by atomic mass is 16.5. The Bertz CT molecular complexity index is 877. The summed E-state index contributed by atoms with van der Waals surface area (Å²) in [7, 11) is 3.02. The Labute approximate surface area is 140 Å². The third-order valence-corrected chi connectivity index (χ3v) is 3.84. The predicted octanol–water partition coefficient (Wildman–Crippen LogP) is 3.64. The average molecular weight is 322 g/mol. The zero-order chi connectivity index (χ0) is 16.9. The molecule has 0 aliphatic rings. The molecule has 5 heteroatoms. The Kier molecular flexibility index (Phi) is 4.61. The monoisotopic (exact) mass is 322 g/mol. The van der Waals surface area contributed by atoms with Crippen molar-refractivity contribution in [2.75, 3.05) is 19.5 Å². The van der Waals surface area contributed by atoms with E-state index in [2.05, 4.69) is 10.3 Å². The highest BCUT2D eigenvalue weighted by Gasteiger charge is 2.13. The molecular formula is C19H18N2O3. The number of nitrogens with one attached hydrogen (secondary N) is 1. The van der Waals surface area contributed by atoms with Crippen LogP contribution in [0.2, 0.25) is 0 Å². The van der Waals surface area contributed by atoms with Gasteiger partial charge >= 0.3 is 5.97 Å². The number of fused-ring (bicyclic) bond motifs is 1. The smallest absolute Gasteiger partial charge is 0.340 e. The van der Waals surface area contributed by atoms with Crippen LogP contribution in [-0.2, 0) is 11.3 Å². The summed E-state index contributed by atoms with van der Waals surface area (Å²) in [5, 5.41) is 5.00. The van der Waals surface area contributed by atoms with E-state index in [0.717, 1.165) is 22.1 Å². The van der Waals surface area contributed by atoms with Gasteiger partial charge in [-0.15, -0.1) is 0 Å². The number of rotatable bonds is 5. The second-order valence-electron chi connectivity index (χ2n) is 5.22. The van der Waals surface area contributed by atoms with E-state index < -0.39 is 5.97 Å². The van der Waals surface area contributed by atoms with E-state index in [-0.39, 0.29) is 0 Å². The fraction of sp³-hybridized carbons (Fsp3) is 0.158. The first kappa shape index (κ1) is 15.8. The number of ether oxygens (including phenoxy) is 2. The molecule has 0 saturated carbocycles. The molecule has 1 N–H and O–H groups in total. The van der Waals surface area contributed by atoms with Crippen LogP contribution in [0.3, 0.4) is 0 Å². The van der Waals surface area contributed by atoms with E-state index in [4.69, 9.17) is 9.47 Å². The summed E-state index contributed by atoms with van der Waals surface area (Å²) >= 11 is 0. The predicted molar refractivity (Wildman–Crippen MR) is 93.4 cm³/mol. The van der Waals surface area contributed by atoms with Gasteiger partial charge in [-0.05, 0) is 6.07 Å². The summed E-state index contributed by atoms with van der Waals surface area (Å²) in [5.74, 6) is 1.14. The number of carbonyl (C=O) groups is 1. The first-order valence-electron chi connectivity index (χ1n) is 7.56. The van der Waals surface area contributed by atoms with E-state index in [9.17, 15) is 4.79 Å². The Morgan fingerprint density at radius 2 is 1.75 bits per heavy atom. The summed E-state index contributed by atoms with van der Waals surface area (Å²) in [4.78, 5) is 16.3. The molecule has 0 aliphatic carbocycles. The fourth-order valence-electron chi connectivity index (χ4n) is 2.63. The molecule has 122 valence electrons. The van der Waals surface area contributed by atoms with Crippen LogP contribution in [0.25, 0.3) is 10.8 Å². The van der Waals surface area contributed by atoms with E-state index in [1.807, 2.05) is 48.5 Å². The molecule has 5 nitrogen and oxygen atoms in total. The first-order chi connectivity index (χ1) is 11.7. The maximum Gasteiger partial charge on any atom is 0.340 e. The van der Waals surface area contributed by atoms with Crippen molar-refractivity contribution in [3.8, 4) is 5.75 Å². The molecule has 1 heterocycles. The fourth-order valence-corrected chi connectivity index (χ4v) is 2.63. The largest absolute Gasteiger partial charge is 0.496 e. The summed E-state index contributed by atoms with van der Waals surface area (Å²) in [5.41, 5.74) is 1.49. The van der Waals surface area contributed by atoms with Gasteiger partial charge in [-0.2, -0.15) is 0 Å². The molecular weight excluding hydrogens is 304 g/mol. The lowest BCUT2D eigenvalue weighted by atomic mass is 10.1. The normalized spacial score (nSPS) is 10.4. The molecule has 0 amide bonds. The minimum absolute atomic E-state index is 0.394. The SMILES string of the molecule is COC(=O)c1cnc(NCc2ccccc2OC)c2ccccc12. The molecule has 3 aromatic rings. The number of hydrogen-bond donors (Lipinski definition) is 1.